The molecule has 0 spiro atoms. The highest BCUT2D eigenvalue weighted by atomic mass is 35.5. The number of nitrogens with one attached hydrogen (secondary N) is 1. The van der Waals surface area contributed by atoms with Gasteiger partial charge < -0.3 is 9.73 Å². The zero-order valence-corrected chi connectivity index (χ0v) is 11.9. The summed E-state index contributed by atoms with van der Waals surface area (Å²) in [5.74, 6) is 1.86. The largest absolute Gasteiger partial charge is 0.464 e. The number of halogens is 1. The van der Waals surface area contributed by atoms with Crippen LogP contribution in [0.25, 0.3) is 0 Å². The van der Waals surface area contributed by atoms with Crippen LogP contribution in [-0.2, 0) is 0 Å². The maximum atomic E-state index is 6.14. The predicted molar refractivity (Wildman–Crippen MR) is 75.3 cm³/mol. The van der Waals surface area contributed by atoms with E-state index in [-0.39, 0.29) is 6.04 Å². The minimum atomic E-state index is 0.0645. The van der Waals surface area contributed by atoms with Crippen LogP contribution in [0, 0.1) is 20.8 Å². The molecule has 0 saturated heterocycles. The highest BCUT2D eigenvalue weighted by molar-refractivity contribution is 6.31. The van der Waals surface area contributed by atoms with Crippen LogP contribution < -0.4 is 5.32 Å². The van der Waals surface area contributed by atoms with E-state index >= 15 is 0 Å². The molecule has 96 valence electrons. The highest BCUT2D eigenvalue weighted by Crippen LogP contribution is 2.29. The van der Waals surface area contributed by atoms with E-state index in [1.54, 1.807) is 0 Å². The van der Waals surface area contributed by atoms with E-state index < -0.39 is 0 Å². The smallest absolute Gasteiger partial charge is 0.125 e. The molecule has 0 fully saturated rings. The Labute approximate surface area is 113 Å². The molecule has 2 nitrogen and oxygen atoms in total. The minimum absolute atomic E-state index is 0.0645. The molecule has 0 aliphatic heterocycles. The molecule has 0 saturated carbocycles. The van der Waals surface area contributed by atoms with Gasteiger partial charge in [-0.3, -0.25) is 0 Å². The molecular weight excluding hydrogens is 246 g/mol. The van der Waals surface area contributed by atoms with Crippen molar-refractivity contribution in [3.63, 3.8) is 0 Å². The van der Waals surface area contributed by atoms with Crippen molar-refractivity contribution in [2.24, 2.45) is 0 Å². The lowest BCUT2D eigenvalue weighted by atomic mass is 9.97. The van der Waals surface area contributed by atoms with Gasteiger partial charge >= 0.3 is 0 Å². The second-order valence-electron chi connectivity index (χ2n) is 4.63. The summed E-state index contributed by atoms with van der Waals surface area (Å²) in [7, 11) is 1.94. The molecule has 2 aromatic rings. The highest BCUT2D eigenvalue weighted by Gasteiger charge is 2.18. The van der Waals surface area contributed by atoms with Crippen LogP contribution in [-0.4, -0.2) is 7.05 Å². The SMILES string of the molecule is CNC(c1ccc(C)o1)c1cc(C)c(Cl)cc1C. The Bertz CT molecular complexity index is 560. The zero-order chi connectivity index (χ0) is 13.3. The monoisotopic (exact) mass is 263 g/mol. The van der Waals surface area contributed by atoms with E-state index in [0.717, 1.165) is 22.1 Å². The third-order valence-electron chi connectivity index (χ3n) is 3.19. The third kappa shape index (κ3) is 2.45. The molecule has 0 bridgehead atoms. The summed E-state index contributed by atoms with van der Waals surface area (Å²) in [6, 6.07) is 8.19. The average Bonchev–Trinajstić information content (AvgIpc) is 2.73. The molecule has 1 N–H and O–H groups in total. The molecule has 1 heterocycles. The van der Waals surface area contributed by atoms with Gasteiger partial charge in [-0.15, -0.1) is 0 Å². The molecule has 0 aliphatic carbocycles. The molecule has 1 aromatic carbocycles. The lowest BCUT2D eigenvalue weighted by Crippen LogP contribution is -2.18. The average molecular weight is 264 g/mol. The van der Waals surface area contributed by atoms with Crippen molar-refractivity contribution in [2.45, 2.75) is 26.8 Å². The summed E-state index contributed by atoms with van der Waals surface area (Å²) < 4.78 is 5.72. The number of hydrogen-bond acceptors (Lipinski definition) is 2. The minimum Gasteiger partial charge on any atom is -0.464 e. The number of furan rings is 1. The van der Waals surface area contributed by atoms with Gasteiger partial charge in [-0.2, -0.15) is 0 Å². The molecule has 0 radical (unpaired) electrons. The van der Waals surface area contributed by atoms with E-state index in [4.69, 9.17) is 16.0 Å². The lowest BCUT2D eigenvalue weighted by Gasteiger charge is -2.18. The summed E-state index contributed by atoms with van der Waals surface area (Å²) in [4.78, 5) is 0. The van der Waals surface area contributed by atoms with Crippen LogP contribution in [0.15, 0.2) is 28.7 Å². The fourth-order valence-electron chi connectivity index (χ4n) is 2.17. The lowest BCUT2D eigenvalue weighted by molar-refractivity contribution is 0.443. The van der Waals surface area contributed by atoms with Crippen molar-refractivity contribution in [2.75, 3.05) is 7.05 Å². The maximum Gasteiger partial charge on any atom is 0.125 e. The topological polar surface area (TPSA) is 25.2 Å². The molecule has 1 unspecified atom stereocenters. The van der Waals surface area contributed by atoms with Crippen LogP contribution >= 0.6 is 11.6 Å². The zero-order valence-electron chi connectivity index (χ0n) is 11.2. The van der Waals surface area contributed by atoms with Crippen LogP contribution in [0.2, 0.25) is 5.02 Å². The molecule has 1 atom stereocenters. The molecular formula is C15H18ClNO. The van der Waals surface area contributed by atoms with Crippen LogP contribution in [0.3, 0.4) is 0 Å². The quantitative estimate of drug-likeness (QED) is 0.899. The van der Waals surface area contributed by atoms with Gasteiger partial charge in [-0.25, -0.2) is 0 Å². The Morgan fingerprint density at radius 3 is 2.39 bits per heavy atom. The van der Waals surface area contributed by atoms with Crippen LogP contribution in [0.5, 0.6) is 0 Å². The third-order valence-corrected chi connectivity index (χ3v) is 3.60. The summed E-state index contributed by atoms with van der Waals surface area (Å²) in [6.07, 6.45) is 0. The fraction of sp³-hybridized carbons (Fsp3) is 0.333. The number of aryl methyl sites for hydroxylation is 3. The molecule has 3 heteroatoms. The first-order valence-corrected chi connectivity index (χ1v) is 6.41. The predicted octanol–water partition coefficient (Wildman–Crippen LogP) is 4.17. The van der Waals surface area contributed by atoms with Gasteiger partial charge in [0.1, 0.15) is 11.5 Å². The van der Waals surface area contributed by atoms with Crippen molar-refractivity contribution in [3.8, 4) is 0 Å². The van der Waals surface area contributed by atoms with Crippen molar-refractivity contribution in [1.82, 2.24) is 5.32 Å². The van der Waals surface area contributed by atoms with Gasteiger partial charge in [0.05, 0.1) is 6.04 Å². The maximum absolute atomic E-state index is 6.14. The van der Waals surface area contributed by atoms with Crippen molar-refractivity contribution < 1.29 is 4.42 Å². The van der Waals surface area contributed by atoms with E-state index in [0.29, 0.717) is 0 Å². The second kappa shape index (κ2) is 5.17. The summed E-state index contributed by atoms with van der Waals surface area (Å²) in [5, 5.41) is 4.11. The molecule has 2 rings (SSSR count). The Hall–Kier alpha value is -1.25. The fourth-order valence-corrected chi connectivity index (χ4v) is 2.39. The van der Waals surface area contributed by atoms with Gasteiger partial charge in [0, 0.05) is 5.02 Å². The first-order valence-electron chi connectivity index (χ1n) is 6.03. The molecule has 0 amide bonds. The van der Waals surface area contributed by atoms with Gasteiger partial charge in [0.25, 0.3) is 0 Å². The van der Waals surface area contributed by atoms with E-state index in [2.05, 4.69) is 18.3 Å². The Kier molecular flexibility index (Phi) is 3.79. The Morgan fingerprint density at radius 1 is 1.11 bits per heavy atom. The first kappa shape index (κ1) is 13.2. The summed E-state index contributed by atoms with van der Waals surface area (Å²) in [6.45, 7) is 6.04. The second-order valence-corrected chi connectivity index (χ2v) is 5.04. The van der Waals surface area contributed by atoms with E-state index in [1.165, 1.54) is 11.1 Å². The van der Waals surface area contributed by atoms with Crippen LogP contribution in [0.1, 0.15) is 34.3 Å². The number of rotatable bonds is 3. The van der Waals surface area contributed by atoms with Gasteiger partial charge in [-0.05, 0) is 62.7 Å². The standard InChI is InChI=1S/C15H18ClNO/c1-9-8-13(16)10(2)7-12(9)15(17-4)14-6-5-11(3)18-14/h5-8,15,17H,1-4H3. The van der Waals surface area contributed by atoms with Crippen molar-refractivity contribution >= 4 is 11.6 Å². The van der Waals surface area contributed by atoms with Gasteiger partial charge in [-0.1, -0.05) is 17.7 Å². The summed E-state index contributed by atoms with van der Waals surface area (Å²) >= 11 is 6.14. The molecule has 0 aliphatic rings. The normalized spacial score (nSPS) is 12.7. The number of hydrogen-bond donors (Lipinski definition) is 1. The molecule has 18 heavy (non-hydrogen) atoms. The first-order chi connectivity index (χ1) is 8.52. The van der Waals surface area contributed by atoms with Crippen molar-refractivity contribution in [1.29, 1.82) is 0 Å². The van der Waals surface area contributed by atoms with Gasteiger partial charge in [0.2, 0.25) is 0 Å². The Balaban J connectivity index is 2.48. The van der Waals surface area contributed by atoms with Crippen molar-refractivity contribution in [3.05, 3.63) is 57.5 Å². The Morgan fingerprint density at radius 2 is 1.83 bits per heavy atom. The van der Waals surface area contributed by atoms with E-state index in [9.17, 15) is 0 Å². The van der Waals surface area contributed by atoms with Gasteiger partial charge in [0.15, 0.2) is 0 Å². The van der Waals surface area contributed by atoms with Crippen LogP contribution in [0.4, 0.5) is 0 Å². The van der Waals surface area contributed by atoms with E-state index in [1.807, 2.05) is 39.1 Å². The summed E-state index contributed by atoms with van der Waals surface area (Å²) in [5.41, 5.74) is 3.45. The molecule has 1 aromatic heterocycles. The number of benzene rings is 1.